The quantitative estimate of drug-likeness (QED) is 0.411. The lowest BCUT2D eigenvalue weighted by molar-refractivity contribution is 0.0312. The molecule has 4 atom stereocenters. The predicted octanol–water partition coefficient (Wildman–Crippen LogP) is -1.53. The summed E-state index contributed by atoms with van der Waals surface area (Å²) in [5, 5.41) is 18.3. The fourth-order valence-corrected chi connectivity index (χ4v) is 2.66. The number of aliphatic hydroxyl groups is 2. The summed E-state index contributed by atoms with van der Waals surface area (Å²) in [5.74, 6) is 0. The molecule has 6 heteroatoms. The van der Waals surface area contributed by atoms with E-state index < -0.39 is 6.10 Å². The van der Waals surface area contributed by atoms with Crippen molar-refractivity contribution in [3.8, 4) is 0 Å². The molecule has 1 aliphatic heterocycles. The van der Waals surface area contributed by atoms with Gasteiger partial charge in [-0.3, -0.25) is 0 Å². The second kappa shape index (κ2) is 3.92. The smallest absolute Gasteiger partial charge is 0.142 e. The SMILES string of the molecule is B[C@@H]1O[C@H](CO)C(P=S)[C@@H]1O. The highest BCUT2D eigenvalue weighted by Crippen LogP contribution is 2.28. The maximum Gasteiger partial charge on any atom is 0.142 e. The van der Waals surface area contributed by atoms with E-state index in [1.165, 1.54) is 0 Å². The molecule has 0 aliphatic carbocycles. The molecular formula is C5H10BO3PS. The van der Waals surface area contributed by atoms with Crippen LogP contribution in [-0.2, 0) is 16.5 Å². The summed E-state index contributed by atoms with van der Waals surface area (Å²) in [4.78, 5) is 0. The van der Waals surface area contributed by atoms with Gasteiger partial charge in [-0.05, 0) is 7.36 Å². The molecule has 1 saturated heterocycles. The highest BCUT2D eigenvalue weighted by atomic mass is 32.4. The lowest BCUT2D eigenvalue weighted by atomic mass is 9.94. The van der Waals surface area contributed by atoms with E-state index in [1.54, 1.807) is 7.85 Å². The summed E-state index contributed by atoms with van der Waals surface area (Å²) in [7, 11) is 2.45. The molecule has 1 aliphatic rings. The summed E-state index contributed by atoms with van der Waals surface area (Å²) in [5.41, 5.74) is -0.106. The van der Waals surface area contributed by atoms with Crippen LogP contribution in [0.4, 0.5) is 0 Å². The Labute approximate surface area is 73.0 Å². The van der Waals surface area contributed by atoms with Crippen LogP contribution in [0.25, 0.3) is 0 Å². The van der Waals surface area contributed by atoms with Gasteiger partial charge in [0.15, 0.2) is 0 Å². The molecule has 0 amide bonds. The first-order valence-electron chi connectivity index (χ1n) is 3.47. The van der Waals surface area contributed by atoms with E-state index in [0.29, 0.717) is 7.36 Å². The van der Waals surface area contributed by atoms with E-state index in [-0.39, 0.29) is 24.4 Å². The van der Waals surface area contributed by atoms with Gasteiger partial charge in [0, 0.05) is 0 Å². The molecule has 0 aromatic carbocycles. The monoisotopic (exact) mass is 192 g/mol. The number of ether oxygens (including phenoxy) is 1. The van der Waals surface area contributed by atoms with Crippen LogP contribution in [-0.4, -0.2) is 48.5 Å². The van der Waals surface area contributed by atoms with Gasteiger partial charge in [0.2, 0.25) is 0 Å². The standard InChI is InChI=1S/C5H10BO3PS/c6-5-3(8)4(10-11)2(1-7)9-5/h2-5,7-8H,1,6H2/t2-,3+,4?,5-/m1/s1. The minimum atomic E-state index is -0.522. The van der Waals surface area contributed by atoms with Crippen LogP contribution in [0.3, 0.4) is 0 Å². The molecule has 0 aromatic rings. The van der Waals surface area contributed by atoms with Crippen molar-refractivity contribution in [3.05, 3.63) is 0 Å². The first-order valence-corrected chi connectivity index (χ1v) is 5.45. The van der Waals surface area contributed by atoms with Crippen molar-refractivity contribution < 1.29 is 14.9 Å². The van der Waals surface area contributed by atoms with Crippen LogP contribution in [0.5, 0.6) is 0 Å². The second-order valence-electron chi connectivity index (χ2n) is 2.65. The van der Waals surface area contributed by atoms with Gasteiger partial charge in [0.05, 0.1) is 30.5 Å². The average molecular weight is 192 g/mol. The highest BCUT2D eigenvalue weighted by Gasteiger charge is 2.39. The normalized spacial score (nSPS) is 44.9. The van der Waals surface area contributed by atoms with Gasteiger partial charge >= 0.3 is 0 Å². The minimum absolute atomic E-state index is 0.0598. The first kappa shape index (κ1) is 9.55. The Morgan fingerprint density at radius 1 is 1.64 bits per heavy atom. The third-order valence-electron chi connectivity index (χ3n) is 1.90. The number of hydrogen-bond acceptors (Lipinski definition) is 4. The van der Waals surface area contributed by atoms with Crippen molar-refractivity contribution in [1.82, 2.24) is 0 Å². The van der Waals surface area contributed by atoms with Crippen molar-refractivity contribution in [2.45, 2.75) is 23.9 Å². The number of rotatable bonds is 2. The molecule has 1 rings (SSSR count). The zero-order valence-corrected chi connectivity index (χ0v) is 7.89. The van der Waals surface area contributed by atoms with Crippen LogP contribution in [0, 0.1) is 0 Å². The van der Waals surface area contributed by atoms with Gasteiger partial charge < -0.3 is 14.9 Å². The van der Waals surface area contributed by atoms with Crippen LogP contribution < -0.4 is 0 Å². The van der Waals surface area contributed by atoms with Crippen molar-refractivity contribution in [2.75, 3.05) is 6.61 Å². The maximum atomic E-state index is 9.45. The molecule has 0 saturated carbocycles. The van der Waals surface area contributed by atoms with Gasteiger partial charge in [-0.15, -0.1) is 0 Å². The third-order valence-corrected chi connectivity index (χ3v) is 3.51. The lowest BCUT2D eigenvalue weighted by Gasteiger charge is -2.11. The summed E-state index contributed by atoms with van der Waals surface area (Å²) in [6.45, 7) is -0.0598. The van der Waals surface area contributed by atoms with Crippen molar-refractivity contribution in [3.63, 3.8) is 0 Å². The highest BCUT2D eigenvalue weighted by molar-refractivity contribution is 7.96. The zero-order valence-electron chi connectivity index (χ0n) is 6.17. The predicted molar refractivity (Wildman–Crippen MR) is 48.4 cm³/mol. The summed E-state index contributed by atoms with van der Waals surface area (Å²) < 4.78 is 5.25. The van der Waals surface area contributed by atoms with Crippen LogP contribution in [0.1, 0.15) is 0 Å². The van der Waals surface area contributed by atoms with E-state index in [1.807, 2.05) is 0 Å². The zero-order chi connectivity index (χ0) is 8.43. The summed E-state index contributed by atoms with van der Waals surface area (Å²) in [6.07, 6.45) is -0.800. The largest absolute Gasteiger partial charge is 0.394 e. The molecule has 62 valence electrons. The van der Waals surface area contributed by atoms with Crippen molar-refractivity contribution >= 4 is 27.0 Å². The molecule has 0 aromatic heterocycles. The van der Waals surface area contributed by atoms with Crippen LogP contribution in [0.2, 0.25) is 0 Å². The van der Waals surface area contributed by atoms with E-state index >= 15 is 0 Å². The average Bonchev–Trinajstić information content (AvgIpc) is 2.28. The fraction of sp³-hybridized carbons (Fsp3) is 1.00. The first-order chi connectivity index (χ1) is 5.20. The lowest BCUT2D eigenvalue weighted by Crippen LogP contribution is -2.29. The van der Waals surface area contributed by atoms with E-state index in [4.69, 9.17) is 21.7 Å². The van der Waals surface area contributed by atoms with Crippen LogP contribution >= 0.6 is 7.36 Å². The van der Waals surface area contributed by atoms with Crippen LogP contribution in [0.15, 0.2) is 0 Å². The van der Waals surface area contributed by atoms with Crippen molar-refractivity contribution in [1.29, 1.82) is 0 Å². The fourth-order valence-electron chi connectivity index (χ4n) is 1.22. The molecule has 11 heavy (non-hydrogen) atoms. The minimum Gasteiger partial charge on any atom is -0.394 e. The Morgan fingerprint density at radius 2 is 2.27 bits per heavy atom. The maximum absolute atomic E-state index is 9.45. The topological polar surface area (TPSA) is 49.7 Å². The summed E-state index contributed by atoms with van der Waals surface area (Å²) in [6, 6.07) is -0.201. The van der Waals surface area contributed by atoms with E-state index in [9.17, 15) is 5.11 Å². The van der Waals surface area contributed by atoms with Gasteiger partial charge in [0.1, 0.15) is 7.85 Å². The Bertz CT molecular complexity index is 159. The Hall–Kier alpha value is 0.465. The Morgan fingerprint density at radius 3 is 2.64 bits per heavy atom. The molecule has 1 fully saturated rings. The van der Waals surface area contributed by atoms with Crippen molar-refractivity contribution in [2.24, 2.45) is 0 Å². The number of aliphatic hydroxyl groups excluding tert-OH is 2. The van der Waals surface area contributed by atoms with Gasteiger partial charge in [-0.25, -0.2) is 0 Å². The molecular weight excluding hydrogens is 182 g/mol. The molecule has 3 nitrogen and oxygen atoms in total. The van der Waals surface area contributed by atoms with Gasteiger partial charge in [0.25, 0.3) is 0 Å². The van der Waals surface area contributed by atoms with Gasteiger partial charge in [-0.1, -0.05) is 11.8 Å². The second-order valence-corrected chi connectivity index (χ2v) is 4.09. The number of hydrogen-bond donors (Lipinski definition) is 2. The Kier molecular flexibility index (Phi) is 3.40. The molecule has 0 radical (unpaired) electrons. The molecule has 2 N–H and O–H groups in total. The molecule has 1 heterocycles. The van der Waals surface area contributed by atoms with E-state index in [0.717, 1.165) is 0 Å². The Balaban J connectivity index is 2.64. The van der Waals surface area contributed by atoms with E-state index in [2.05, 4.69) is 0 Å². The summed E-state index contributed by atoms with van der Waals surface area (Å²) >= 11 is 4.81. The molecule has 0 spiro atoms. The van der Waals surface area contributed by atoms with Gasteiger partial charge in [-0.2, -0.15) is 0 Å². The molecule has 1 unspecified atom stereocenters. The molecule has 0 bridgehead atoms. The third kappa shape index (κ3) is 1.79.